The Bertz CT molecular complexity index is 1120. The highest BCUT2D eigenvalue weighted by molar-refractivity contribution is 6.37. The summed E-state index contributed by atoms with van der Waals surface area (Å²) in [4.78, 5) is 27.4. The van der Waals surface area contributed by atoms with Gasteiger partial charge in [0, 0.05) is 23.2 Å². The van der Waals surface area contributed by atoms with Crippen LogP contribution in [0.4, 0.5) is 5.69 Å². The predicted molar refractivity (Wildman–Crippen MR) is 115 cm³/mol. The Morgan fingerprint density at radius 3 is 2.41 bits per heavy atom. The molecule has 0 unspecified atom stereocenters. The molecule has 4 rings (SSSR count). The van der Waals surface area contributed by atoms with Gasteiger partial charge in [-0.15, -0.1) is 0 Å². The van der Waals surface area contributed by atoms with Crippen LogP contribution in [-0.2, 0) is 14.3 Å². The first-order valence-corrected chi connectivity index (χ1v) is 9.58. The smallest absolute Gasteiger partial charge is 0.278 e. The zero-order valence-corrected chi connectivity index (χ0v) is 16.6. The number of halogens is 1. The molecule has 146 valence electrons. The van der Waals surface area contributed by atoms with Gasteiger partial charge >= 0.3 is 0 Å². The Morgan fingerprint density at radius 1 is 0.931 bits per heavy atom. The third kappa shape index (κ3) is 3.62. The average Bonchev–Trinajstić information content (AvgIpc) is 2.97. The van der Waals surface area contributed by atoms with E-state index in [-0.39, 0.29) is 30.7 Å². The first-order chi connectivity index (χ1) is 14.1. The van der Waals surface area contributed by atoms with Crippen molar-refractivity contribution in [1.29, 1.82) is 0 Å². The molecular weight excluding hydrogens is 388 g/mol. The lowest BCUT2D eigenvalue weighted by molar-refractivity contribution is -0.137. The Balaban J connectivity index is 1.81. The third-order valence-corrected chi connectivity index (χ3v) is 5.12. The number of anilines is 1. The van der Waals surface area contributed by atoms with Gasteiger partial charge in [-0.2, -0.15) is 0 Å². The van der Waals surface area contributed by atoms with E-state index in [0.717, 1.165) is 16.5 Å². The molecule has 3 aromatic carbocycles. The van der Waals surface area contributed by atoms with Gasteiger partial charge in [-0.3, -0.25) is 14.5 Å². The Morgan fingerprint density at radius 2 is 1.66 bits per heavy atom. The van der Waals surface area contributed by atoms with Crippen molar-refractivity contribution in [3.8, 4) is 0 Å². The second-order valence-electron chi connectivity index (χ2n) is 6.66. The highest BCUT2D eigenvalue weighted by Gasteiger charge is 2.39. The van der Waals surface area contributed by atoms with E-state index in [2.05, 4.69) is 5.32 Å². The molecule has 0 saturated carbocycles. The number of ether oxygens (including phenoxy) is 1. The number of methoxy groups -OCH3 is 1. The van der Waals surface area contributed by atoms with Crippen LogP contribution in [0, 0.1) is 0 Å². The summed E-state index contributed by atoms with van der Waals surface area (Å²) >= 11 is 6.00. The summed E-state index contributed by atoms with van der Waals surface area (Å²) < 4.78 is 5.07. The second-order valence-corrected chi connectivity index (χ2v) is 7.10. The monoisotopic (exact) mass is 406 g/mol. The van der Waals surface area contributed by atoms with E-state index in [1.165, 1.54) is 12.0 Å². The summed E-state index contributed by atoms with van der Waals surface area (Å²) in [7, 11) is 1.54. The molecule has 0 spiro atoms. The number of imide groups is 1. The number of nitrogens with zero attached hydrogens (tertiary/aromatic N) is 1. The Hall–Kier alpha value is -3.15. The van der Waals surface area contributed by atoms with Crippen molar-refractivity contribution in [3.63, 3.8) is 0 Å². The lowest BCUT2D eigenvalue weighted by Gasteiger charge is -2.15. The van der Waals surface area contributed by atoms with E-state index >= 15 is 0 Å². The molecule has 1 aliphatic heterocycles. The van der Waals surface area contributed by atoms with Gasteiger partial charge in [-0.05, 0) is 29.1 Å². The molecule has 0 aliphatic carbocycles. The maximum atomic E-state index is 13.1. The van der Waals surface area contributed by atoms with Crippen molar-refractivity contribution in [2.75, 3.05) is 25.6 Å². The van der Waals surface area contributed by atoms with Crippen LogP contribution in [0.25, 0.3) is 16.3 Å². The van der Waals surface area contributed by atoms with E-state index in [1.54, 1.807) is 24.3 Å². The molecule has 0 atom stereocenters. The molecule has 1 heterocycles. The van der Waals surface area contributed by atoms with Crippen molar-refractivity contribution < 1.29 is 14.3 Å². The maximum Gasteiger partial charge on any atom is 0.278 e. The molecule has 3 aromatic rings. The van der Waals surface area contributed by atoms with E-state index in [0.29, 0.717) is 16.2 Å². The van der Waals surface area contributed by atoms with E-state index in [4.69, 9.17) is 16.3 Å². The molecular formula is C23H19ClN2O3. The third-order valence-electron chi connectivity index (χ3n) is 4.87. The summed E-state index contributed by atoms with van der Waals surface area (Å²) in [5.41, 5.74) is 1.98. The van der Waals surface area contributed by atoms with Gasteiger partial charge in [0.2, 0.25) is 0 Å². The summed E-state index contributed by atoms with van der Waals surface area (Å²) in [6, 6.07) is 20.6. The molecule has 1 N–H and O–H groups in total. The Kier molecular flexibility index (Phi) is 5.34. The standard InChI is InChI=1S/C23H19ClN2O3/c1-29-14-13-26-22(27)20(16-9-11-17(24)12-10-16)21(23(26)28)25-19-8-4-6-15-5-2-3-7-18(15)19/h2-12,25H,13-14H2,1H3. The second kappa shape index (κ2) is 8.07. The summed E-state index contributed by atoms with van der Waals surface area (Å²) in [6.45, 7) is 0.457. The Labute approximate surface area is 173 Å². The fourth-order valence-electron chi connectivity index (χ4n) is 3.43. The molecule has 0 saturated heterocycles. The number of fused-ring (bicyclic) bond motifs is 1. The predicted octanol–water partition coefficient (Wildman–Crippen LogP) is 4.33. The molecule has 6 heteroatoms. The van der Waals surface area contributed by atoms with Gasteiger partial charge in [0.05, 0.1) is 18.7 Å². The van der Waals surface area contributed by atoms with E-state index in [1.807, 2.05) is 42.5 Å². The quantitative estimate of drug-likeness (QED) is 0.619. The molecule has 0 fully saturated rings. The van der Waals surface area contributed by atoms with Crippen molar-refractivity contribution in [2.45, 2.75) is 0 Å². The van der Waals surface area contributed by atoms with Crippen LogP contribution < -0.4 is 5.32 Å². The fraction of sp³-hybridized carbons (Fsp3) is 0.130. The molecule has 2 amide bonds. The minimum absolute atomic E-state index is 0.186. The van der Waals surface area contributed by atoms with Crippen molar-refractivity contribution in [1.82, 2.24) is 4.90 Å². The number of hydrogen-bond acceptors (Lipinski definition) is 4. The highest BCUT2D eigenvalue weighted by Crippen LogP contribution is 2.33. The first kappa shape index (κ1) is 19.2. The number of nitrogens with one attached hydrogen (secondary N) is 1. The van der Waals surface area contributed by atoms with Gasteiger partial charge in [0.25, 0.3) is 11.8 Å². The maximum absolute atomic E-state index is 13.1. The topological polar surface area (TPSA) is 58.6 Å². The van der Waals surface area contributed by atoms with Crippen LogP contribution in [0.2, 0.25) is 5.02 Å². The van der Waals surface area contributed by atoms with Gasteiger partial charge < -0.3 is 10.1 Å². The molecule has 0 aromatic heterocycles. The molecule has 0 radical (unpaired) electrons. The van der Waals surface area contributed by atoms with Crippen molar-refractivity contribution >= 4 is 45.4 Å². The molecule has 29 heavy (non-hydrogen) atoms. The first-order valence-electron chi connectivity index (χ1n) is 9.20. The number of benzene rings is 3. The summed E-state index contributed by atoms with van der Waals surface area (Å²) in [5, 5.41) is 5.80. The number of amides is 2. The molecule has 1 aliphatic rings. The van der Waals surface area contributed by atoms with Crippen molar-refractivity contribution in [3.05, 3.63) is 83.0 Å². The highest BCUT2D eigenvalue weighted by atomic mass is 35.5. The van der Waals surface area contributed by atoms with Gasteiger partial charge in [-0.25, -0.2) is 0 Å². The number of hydrogen-bond donors (Lipinski definition) is 1. The summed E-state index contributed by atoms with van der Waals surface area (Å²) in [5.74, 6) is -0.720. The number of carbonyl (C=O) groups excluding carboxylic acids is 2. The fourth-order valence-corrected chi connectivity index (χ4v) is 3.56. The molecule has 0 bridgehead atoms. The lowest BCUT2D eigenvalue weighted by Crippen LogP contribution is -2.35. The zero-order valence-electron chi connectivity index (χ0n) is 15.8. The van der Waals surface area contributed by atoms with Crippen LogP contribution in [0.3, 0.4) is 0 Å². The largest absolute Gasteiger partial charge is 0.383 e. The van der Waals surface area contributed by atoms with Crippen LogP contribution in [-0.4, -0.2) is 37.0 Å². The van der Waals surface area contributed by atoms with E-state index in [9.17, 15) is 9.59 Å². The number of carbonyl (C=O) groups is 2. The minimum Gasteiger partial charge on any atom is -0.383 e. The summed E-state index contributed by atoms with van der Waals surface area (Å²) in [6.07, 6.45) is 0. The van der Waals surface area contributed by atoms with Crippen LogP contribution in [0.1, 0.15) is 5.56 Å². The van der Waals surface area contributed by atoms with Gasteiger partial charge in [-0.1, -0.05) is 60.1 Å². The van der Waals surface area contributed by atoms with Crippen molar-refractivity contribution in [2.24, 2.45) is 0 Å². The lowest BCUT2D eigenvalue weighted by atomic mass is 10.0. The normalized spacial score (nSPS) is 14.2. The average molecular weight is 407 g/mol. The van der Waals surface area contributed by atoms with Crippen LogP contribution in [0.15, 0.2) is 72.4 Å². The van der Waals surface area contributed by atoms with Gasteiger partial charge in [0.1, 0.15) is 5.70 Å². The van der Waals surface area contributed by atoms with Crippen LogP contribution >= 0.6 is 11.6 Å². The zero-order chi connectivity index (χ0) is 20.4. The minimum atomic E-state index is -0.370. The number of rotatable bonds is 6. The van der Waals surface area contributed by atoms with Gasteiger partial charge in [0.15, 0.2) is 0 Å². The molecule has 5 nitrogen and oxygen atoms in total. The van der Waals surface area contributed by atoms with E-state index < -0.39 is 0 Å². The SMILES string of the molecule is COCCN1C(=O)C(Nc2cccc3ccccc23)=C(c2ccc(Cl)cc2)C1=O. The van der Waals surface area contributed by atoms with Crippen LogP contribution in [0.5, 0.6) is 0 Å².